The van der Waals surface area contributed by atoms with Crippen molar-refractivity contribution in [2.24, 2.45) is 5.92 Å². The molecule has 1 amide bonds. The SMILES string of the molecule is COc1cc(CN2CCC3(CCC(CNC(=O)C(C)C)O3)CC2)ccc1OCc1ccccc1. The van der Waals surface area contributed by atoms with E-state index in [9.17, 15) is 4.79 Å². The zero-order valence-corrected chi connectivity index (χ0v) is 20.7. The van der Waals surface area contributed by atoms with E-state index < -0.39 is 0 Å². The van der Waals surface area contributed by atoms with Gasteiger partial charge in [0.1, 0.15) is 6.61 Å². The minimum Gasteiger partial charge on any atom is -0.493 e. The summed E-state index contributed by atoms with van der Waals surface area (Å²) in [5.41, 5.74) is 2.34. The number of ether oxygens (including phenoxy) is 3. The molecule has 6 nitrogen and oxygen atoms in total. The number of hydrogen-bond donors (Lipinski definition) is 1. The third-order valence-electron chi connectivity index (χ3n) is 7.01. The summed E-state index contributed by atoms with van der Waals surface area (Å²) in [4.78, 5) is 14.3. The smallest absolute Gasteiger partial charge is 0.222 e. The molecular formula is C28H38N2O4. The normalized spacial score (nSPS) is 19.9. The van der Waals surface area contributed by atoms with E-state index in [1.54, 1.807) is 7.11 Å². The second-order valence-corrected chi connectivity index (χ2v) is 9.90. The molecule has 1 spiro atoms. The van der Waals surface area contributed by atoms with Crippen molar-refractivity contribution in [1.29, 1.82) is 0 Å². The van der Waals surface area contributed by atoms with E-state index in [1.807, 2.05) is 38.1 Å². The van der Waals surface area contributed by atoms with Gasteiger partial charge in [-0.15, -0.1) is 0 Å². The second kappa shape index (κ2) is 11.2. The Morgan fingerprint density at radius 1 is 1.09 bits per heavy atom. The number of nitrogens with one attached hydrogen (secondary N) is 1. The summed E-state index contributed by atoms with van der Waals surface area (Å²) in [6, 6.07) is 16.4. The number of piperidine rings is 1. The van der Waals surface area contributed by atoms with E-state index in [4.69, 9.17) is 14.2 Å². The van der Waals surface area contributed by atoms with Crippen molar-refractivity contribution in [3.05, 3.63) is 59.7 Å². The van der Waals surface area contributed by atoms with Crippen molar-refractivity contribution in [3.63, 3.8) is 0 Å². The number of carbonyl (C=O) groups is 1. The van der Waals surface area contributed by atoms with E-state index in [2.05, 4.69) is 34.5 Å². The molecule has 184 valence electrons. The molecule has 1 atom stereocenters. The molecule has 0 aromatic heterocycles. The molecule has 34 heavy (non-hydrogen) atoms. The molecular weight excluding hydrogens is 428 g/mol. The van der Waals surface area contributed by atoms with Gasteiger partial charge >= 0.3 is 0 Å². The van der Waals surface area contributed by atoms with Crippen LogP contribution in [0, 0.1) is 5.92 Å². The highest BCUT2D eigenvalue weighted by atomic mass is 16.5. The molecule has 0 bridgehead atoms. The van der Waals surface area contributed by atoms with Crippen LogP contribution >= 0.6 is 0 Å². The van der Waals surface area contributed by atoms with E-state index in [0.717, 1.165) is 62.4 Å². The highest BCUT2D eigenvalue weighted by Gasteiger charge is 2.42. The Morgan fingerprint density at radius 2 is 1.85 bits per heavy atom. The fourth-order valence-electron chi connectivity index (χ4n) is 4.87. The van der Waals surface area contributed by atoms with Crippen LogP contribution in [0.25, 0.3) is 0 Å². The van der Waals surface area contributed by atoms with Gasteiger partial charge in [0.25, 0.3) is 0 Å². The molecule has 1 N–H and O–H groups in total. The molecule has 1 unspecified atom stereocenters. The van der Waals surface area contributed by atoms with Crippen LogP contribution in [0.4, 0.5) is 0 Å². The summed E-state index contributed by atoms with van der Waals surface area (Å²) in [5.74, 6) is 1.66. The Kier molecular flexibility index (Phi) is 8.11. The largest absolute Gasteiger partial charge is 0.493 e. The molecule has 4 rings (SSSR count). The quantitative estimate of drug-likeness (QED) is 0.587. The lowest BCUT2D eigenvalue weighted by atomic mass is 9.88. The van der Waals surface area contributed by atoms with Crippen molar-refractivity contribution in [2.75, 3.05) is 26.7 Å². The monoisotopic (exact) mass is 466 g/mol. The predicted octanol–water partition coefficient (Wildman–Crippen LogP) is 4.56. The molecule has 0 saturated carbocycles. The van der Waals surface area contributed by atoms with Crippen LogP contribution in [0.1, 0.15) is 50.7 Å². The molecule has 2 saturated heterocycles. The van der Waals surface area contributed by atoms with Crippen molar-refractivity contribution >= 4 is 5.91 Å². The molecule has 2 aliphatic rings. The number of methoxy groups -OCH3 is 1. The van der Waals surface area contributed by atoms with Gasteiger partial charge < -0.3 is 19.5 Å². The van der Waals surface area contributed by atoms with Gasteiger partial charge in [-0.1, -0.05) is 50.2 Å². The third kappa shape index (κ3) is 6.30. The highest BCUT2D eigenvalue weighted by molar-refractivity contribution is 5.77. The van der Waals surface area contributed by atoms with Gasteiger partial charge in [0.15, 0.2) is 11.5 Å². The molecule has 0 radical (unpaired) electrons. The maximum atomic E-state index is 11.9. The number of carbonyl (C=O) groups excluding carboxylic acids is 1. The first-order chi connectivity index (χ1) is 16.5. The molecule has 2 fully saturated rings. The lowest BCUT2D eigenvalue weighted by Gasteiger charge is -2.39. The summed E-state index contributed by atoms with van der Waals surface area (Å²) in [7, 11) is 1.69. The summed E-state index contributed by atoms with van der Waals surface area (Å²) in [6.07, 6.45) is 4.33. The Balaban J connectivity index is 1.26. The Bertz CT molecular complexity index is 939. The van der Waals surface area contributed by atoms with Gasteiger partial charge in [-0.3, -0.25) is 9.69 Å². The van der Waals surface area contributed by atoms with E-state index in [-0.39, 0.29) is 23.5 Å². The highest BCUT2D eigenvalue weighted by Crippen LogP contribution is 2.39. The van der Waals surface area contributed by atoms with Crippen LogP contribution in [0.2, 0.25) is 0 Å². The Labute approximate surface area is 203 Å². The maximum absolute atomic E-state index is 11.9. The fourth-order valence-corrected chi connectivity index (χ4v) is 4.87. The summed E-state index contributed by atoms with van der Waals surface area (Å²) >= 11 is 0. The van der Waals surface area contributed by atoms with Gasteiger partial charge in [0.2, 0.25) is 5.91 Å². The van der Waals surface area contributed by atoms with Crippen LogP contribution in [0.15, 0.2) is 48.5 Å². The number of nitrogens with zero attached hydrogens (tertiary/aromatic N) is 1. The van der Waals surface area contributed by atoms with Gasteiger partial charge in [-0.25, -0.2) is 0 Å². The van der Waals surface area contributed by atoms with Gasteiger partial charge in [-0.2, -0.15) is 0 Å². The number of amides is 1. The van der Waals surface area contributed by atoms with Crippen LogP contribution in [0.5, 0.6) is 11.5 Å². The summed E-state index contributed by atoms with van der Waals surface area (Å²) in [6.45, 7) is 7.90. The van der Waals surface area contributed by atoms with Crippen molar-refractivity contribution in [1.82, 2.24) is 10.2 Å². The summed E-state index contributed by atoms with van der Waals surface area (Å²) in [5, 5.41) is 3.02. The van der Waals surface area contributed by atoms with Crippen molar-refractivity contribution < 1.29 is 19.0 Å². The predicted molar refractivity (Wildman–Crippen MR) is 133 cm³/mol. The molecule has 2 aromatic carbocycles. The Morgan fingerprint density at radius 3 is 2.56 bits per heavy atom. The first kappa shape index (κ1) is 24.6. The first-order valence-corrected chi connectivity index (χ1v) is 12.5. The lowest BCUT2D eigenvalue weighted by molar-refractivity contribution is -0.125. The fraction of sp³-hybridized carbons (Fsp3) is 0.536. The third-order valence-corrected chi connectivity index (χ3v) is 7.01. The van der Waals surface area contributed by atoms with Crippen LogP contribution in [-0.4, -0.2) is 49.3 Å². The number of benzene rings is 2. The molecule has 2 aliphatic heterocycles. The van der Waals surface area contributed by atoms with Gasteiger partial charge in [0, 0.05) is 32.1 Å². The molecule has 6 heteroatoms. The van der Waals surface area contributed by atoms with Crippen LogP contribution in [0.3, 0.4) is 0 Å². The van der Waals surface area contributed by atoms with Crippen molar-refractivity contribution in [3.8, 4) is 11.5 Å². The average molecular weight is 467 g/mol. The molecule has 0 aliphatic carbocycles. The molecule has 2 heterocycles. The summed E-state index contributed by atoms with van der Waals surface area (Å²) < 4.78 is 18.1. The van der Waals surface area contributed by atoms with Gasteiger partial charge in [-0.05, 0) is 48.9 Å². The minimum atomic E-state index is -0.0173. The topological polar surface area (TPSA) is 60.0 Å². The van der Waals surface area contributed by atoms with Gasteiger partial charge in [0.05, 0.1) is 18.8 Å². The van der Waals surface area contributed by atoms with E-state index in [0.29, 0.717) is 13.2 Å². The first-order valence-electron chi connectivity index (χ1n) is 12.5. The zero-order chi connectivity index (χ0) is 24.0. The van der Waals surface area contributed by atoms with Crippen LogP contribution < -0.4 is 14.8 Å². The zero-order valence-electron chi connectivity index (χ0n) is 20.7. The van der Waals surface area contributed by atoms with E-state index in [1.165, 1.54) is 5.56 Å². The standard InChI is InChI=1S/C28H38N2O4/c1-21(2)27(31)29-18-24-11-12-28(34-24)13-15-30(16-14-28)19-23-9-10-25(26(17-23)32-3)33-20-22-7-5-4-6-8-22/h4-10,17,21,24H,11-16,18-20H2,1-3H3,(H,29,31). The van der Waals surface area contributed by atoms with Crippen LogP contribution in [-0.2, 0) is 22.7 Å². The van der Waals surface area contributed by atoms with E-state index >= 15 is 0 Å². The lowest BCUT2D eigenvalue weighted by Crippen LogP contribution is -2.45. The number of likely N-dealkylation sites (tertiary alicyclic amines) is 1. The second-order valence-electron chi connectivity index (χ2n) is 9.90. The number of hydrogen-bond acceptors (Lipinski definition) is 5. The minimum absolute atomic E-state index is 0.0155. The number of rotatable bonds is 9. The average Bonchev–Trinajstić information content (AvgIpc) is 3.26. The van der Waals surface area contributed by atoms with Crippen molar-refractivity contribution in [2.45, 2.75) is 64.4 Å². The molecule has 2 aromatic rings. The maximum Gasteiger partial charge on any atom is 0.222 e. The Hall–Kier alpha value is -2.57.